The monoisotopic (exact) mass is 269 g/mol. The first-order valence-electron chi connectivity index (χ1n) is 6.05. The molecule has 0 saturated carbocycles. The fraction of sp³-hybridized carbons (Fsp3) is 0.538. The highest BCUT2D eigenvalue weighted by Crippen LogP contribution is 2.29. The minimum absolute atomic E-state index is 0.0743. The van der Waals surface area contributed by atoms with Gasteiger partial charge < -0.3 is 4.74 Å². The molecule has 0 spiro atoms. The highest BCUT2D eigenvalue weighted by Gasteiger charge is 2.25. The van der Waals surface area contributed by atoms with Crippen molar-refractivity contribution in [3.63, 3.8) is 0 Å². The Morgan fingerprint density at radius 3 is 2.22 bits per heavy atom. The maximum atomic E-state index is 10.5. The fourth-order valence-electron chi connectivity index (χ4n) is 1.62. The van der Waals surface area contributed by atoms with E-state index in [0.29, 0.717) is 12.4 Å². The van der Waals surface area contributed by atoms with E-state index >= 15 is 0 Å². The fourth-order valence-corrected chi connectivity index (χ4v) is 2.16. The SMILES string of the molecule is CCC(CC)(CS)COc1ccc([N+](=O)[O-])cc1. The first-order chi connectivity index (χ1) is 8.56. The lowest BCUT2D eigenvalue weighted by molar-refractivity contribution is -0.384. The molecule has 5 heteroatoms. The predicted octanol–water partition coefficient (Wildman–Crippen LogP) is 3.71. The molecule has 0 heterocycles. The summed E-state index contributed by atoms with van der Waals surface area (Å²) in [6.07, 6.45) is 2.00. The van der Waals surface area contributed by atoms with Gasteiger partial charge in [-0.05, 0) is 30.7 Å². The van der Waals surface area contributed by atoms with E-state index in [-0.39, 0.29) is 11.1 Å². The van der Waals surface area contributed by atoms with Crippen molar-refractivity contribution in [2.75, 3.05) is 12.4 Å². The average molecular weight is 269 g/mol. The van der Waals surface area contributed by atoms with E-state index < -0.39 is 4.92 Å². The first kappa shape index (κ1) is 14.8. The molecule has 0 atom stereocenters. The van der Waals surface area contributed by atoms with Crippen molar-refractivity contribution in [3.05, 3.63) is 34.4 Å². The molecule has 1 aromatic rings. The second-order valence-corrected chi connectivity index (χ2v) is 4.72. The summed E-state index contributed by atoms with van der Waals surface area (Å²) >= 11 is 4.38. The number of hydrogen-bond acceptors (Lipinski definition) is 4. The Morgan fingerprint density at radius 2 is 1.83 bits per heavy atom. The first-order valence-corrected chi connectivity index (χ1v) is 6.68. The summed E-state index contributed by atoms with van der Waals surface area (Å²) in [5.41, 5.74) is 0.152. The van der Waals surface area contributed by atoms with E-state index in [9.17, 15) is 10.1 Å². The van der Waals surface area contributed by atoms with Gasteiger partial charge in [-0.1, -0.05) is 13.8 Å². The molecule has 0 bridgehead atoms. The molecule has 0 N–H and O–H groups in total. The summed E-state index contributed by atoms with van der Waals surface area (Å²) in [5.74, 6) is 1.43. The number of benzene rings is 1. The Hall–Kier alpha value is -1.23. The lowest BCUT2D eigenvalue weighted by atomic mass is 9.85. The molecule has 100 valence electrons. The minimum atomic E-state index is -0.417. The van der Waals surface area contributed by atoms with E-state index in [1.54, 1.807) is 12.1 Å². The quantitative estimate of drug-likeness (QED) is 0.466. The number of nitrogens with zero attached hydrogens (tertiary/aromatic N) is 1. The summed E-state index contributed by atoms with van der Waals surface area (Å²) in [7, 11) is 0. The highest BCUT2D eigenvalue weighted by molar-refractivity contribution is 7.80. The molecule has 0 unspecified atom stereocenters. The van der Waals surface area contributed by atoms with Crippen LogP contribution in [0.5, 0.6) is 5.75 Å². The lowest BCUT2D eigenvalue weighted by Gasteiger charge is -2.29. The second kappa shape index (κ2) is 6.64. The zero-order valence-electron chi connectivity index (χ0n) is 10.8. The molecule has 0 fully saturated rings. The summed E-state index contributed by atoms with van der Waals surface area (Å²) in [6, 6.07) is 6.17. The molecule has 4 nitrogen and oxygen atoms in total. The standard InChI is InChI=1S/C13H19NO3S/c1-3-13(4-2,10-18)9-17-12-7-5-11(6-8-12)14(15)16/h5-8,18H,3-4,9-10H2,1-2H3. The third-order valence-corrected chi connectivity index (χ3v) is 4.10. The van der Waals surface area contributed by atoms with Crippen LogP contribution in [0.4, 0.5) is 5.69 Å². The average Bonchev–Trinajstić information content (AvgIpc) is 2.41. The van der Waals surface area contributed by atoms with Crippen LogP contribution in [0.15, 0.2) is 24.3 Å². The number of hydrogen-bond donors (Lipinski definition) is 1. The normalized spacial score (nSPS) is 11.3. The van der Waals surface area contributed by atoms with Crippen LogP contribution < -0.4 is 4.74 Å². The van der Waals surface area contributed by atoms with E-state index in [1.807, 2.05) is 0 Å². The van der Waals surface area contributed by atoms with Crippen molar-refractivity contribution in [1.82, 2.24) is 0 Å². The molecule has 0 amide bonds. The van der Waals surface area contributed by atoms with Crippen LogP contribution in [-0.2, 0) is 0 Å². The lowest BCUT2D eigenvalue weighted by Crippen LogP contribution is -2.29. The Bertz CT molecular complexity index is 379. The zero-order chi connectivity index (χ0) is 13.6. The Labute approximate surface area is 113 Å². The topological polar surface area (TPSA) is 52.4 Å². The van der Waals surface area contributed by atoms with E-state index in [4.69, 9.17) is 4.74 Å². The summed E-state index contributed by atoms with van der Waals surface area (Å²) in [5, 5.41) is 10.5. The number of nitro benzene ring substituents is 1. The van der Waals surface area contributed by atoms with Crippen molar-refractivity contribution < 1.29 is 9.66 Å². The van der Waals surface area contributed by atoms with Gasteiger partial charge in [-0.2, -0.15) is 12.6 Å². The Morgan fingerprint density at radius 1 is 1.28 bits per heavy atom. The van der Waals surface area contributed by atoms with Gasteiger partial charge in [0.05, 0.1) is 11.5 Å². The van der Waals surface area contributed by atoms with Gasteiger partial charge in [0.25, 0.3) is 5.69 Å². The molecule has 0 aliphatic carbocycles. The molecule has 0 saturated heterocycles. The van der Waals surface area contributed by atoms with Crippen molar-refractivity contribution in [3.8, 4) is 5.75 Å². The number of non-ortho nitro benzene ring substituents is 1. The van der Waals surface area contributed by atoms with Crippen molar-refractivity contribution in [2.45, 2.75) is 26.7 Å². The van der Waals surface area contributed by atoms with Gasteiger partial charge in [-0.15, -0.1) is 0 Å². The van der Waals surface area contributed by atoms with Crippen LogP contribution >= 0.6 is 12.6 Å². The number of rotatable bonds is 7. The third-order valence-electron chi connectivity index (χ3n) is 3.43. The van der Waals surface area contributed by atoms with Gasteiger partial charge in [0.1, 0.15) is 5.75 Å². The number of ether oxygens (including phenoxy) is 1. The van der Waals surface area contributed by atoms with Crippen molar-refractivity contribution in [2.24, 2.45) is 5.41 Å². The maximum Gasteiger partial charge on any atom is 0.269 e. The number of thiol groups is 1. The molecule has 0 aliphatic heterocycles. The highest BCUT2D eigenvalue weighted by atomic mass is 32.1. The van der Waals surface area contributed by atoms with Gasteiger partial charge >= 0.3 is 0 Å². The van der Waals surface area contributed by atoms with E-state index in [1.165, 1.54) is 12.1 Å². The predicted molar refractivity (Wildman–Crippen MR) is 75.5 cm³/mol. The molecule has 0 aliphatic rings. The van der Waals surface area contributed by atoms with Gasteiger partial charge in [0.2, 0.25) is 0 Å². The van der Waals surface area contributed by atoms with Crippen molar-refractivity contribution in [1.29, 1.82) is 0 Å². The van der Waals surface area contributed by atoms with Gasteiger partial charge in [-0.25, -0.2) is 0 Å². The van der Waals surface area contributed by atoms with Crippen LogP contribution in [-0.4, -0.2) is 17.3 Å². The zero-order valence-corrected chi connectivity index (χ0v) is 11.7. The van der Waals surface area contributed by atoms with Crippen LogP contribution in [0.1, 0.15) is 26.7 Å². The molecule has 1 aromatic carbocycles. The summed E-state index contributed by atoms with van der Waals surface area (Å²) in [6.45, 7) is 4.83. The third kappa shape index (κ3) is 3.63. The van der Waals surface area contributed by atoms with Crippen LogP contribution in [0.3, 0.4) is 0 Å². The number of nitro groups is 1. The maximum absolute atomic E-state index is 10.5. The molecule has 0 aromatic heterocycles. The van der Waals surface area contributed by atoms with Gasteiger partial charge in [0.15, 0.2) is 0 Å². The summed E-state index contributed by atoms with van der Waals surface area (Å²) < 4.78 is 5.71. The molecule has 1 rings (SSSR count). The summed E-state index contributed by atoms with van der Waals surface area (Å²) in [4.78, 5) is 10.1. The smallest absolute Gasteiger partial charge is 0.269 e. The van der Waals surface area contributed by atoms with Gasteiger partial charge in [-0.3, -0.25) is 10.1 Å². The molecule has 0 radical (unpaired) electrons. The van der Waals surface area contributed by atoms with Gasteiger partial charge in [0, 0.05) is 17.5 Å². The van der Waals surface area contributed by atoms with Crippen LogP contribution in [0.2, 0.25) is 0 Å². The largest absolute Gasteiger partial charge is 0.493 e. The molecular formula is C13H19NO3S. The minimum Gasteiger partial charge on any atom is -0.493 e. The Balaban J connectivity index is 2.65. The van der Waals surface area contributed by atoms with Crippen LogP contribution in [0.25, 0.3) is 0 Å². The van der Waals surface area contributed by atoms with Crippen molar-refractivity contribution >= 4 is 18.3 Å². The van der Waals surface area contributed by atoms with E-state index in [2.05, 4.69) is 26.5 Å². The molecular weight excluding hydrogens is 250 g/mol. The molecule has 18 heavy (non-hydrogen) atoms. The second-order valence-electron chi connectivity index (χ2n) is 4.40. The van der Waals surface area contributed by atoms with E-state index in [0.717, 1.165) is 18.6 Å². The van der Waals surface area contributed by atoms with Crippen LogP contribution in [0, 0.1) is 15.5 Å². The Kier molecular flexibility index (Phi) is 5.47.